The van der Waals surface area contributed by atoms with Crippen LogP contribution in [0.15, 0.2) is 0 Å². The fourth-order valence-corrected chi connectivity index (χ4v) is 0.843. The Balaban J connectivity index is 4.81. The smallest absolute Gasteiger partial charge is 0.378 e. The Morgan fingerprint density at radius 3 is 1.77 bits per heavy atom. The normalized spacial score (nSPS) is 18.5. The van der Waals surface area contributed by atoms with Crippen LogP contribution in [0.5, 0.6) is 0 Å². The number of aliphatic hydroxyl groups is 1. The fraction of sp³-hybridized carbons (Fsp3) is 1.00. The van der Waals surface area contributed by atoms with E-state index < -0.39 is 17.4 Å². The number of halogens is 3. The monoisotopic (exact) mass is 200 g/mol. The van der Waals surface area contributed by atoms with Crippen LogP contribution in [0.3, 0.4) is 0 Å². The molecule has 0 amide bonds. The van der Waals surface area contributed by atoms with Crippen LogP contribution in [0.4, 0.5) is 13.2 Å². The van der Waals surface area contributed by atoms with Crippen molar-refractivity contribution < 1.29 is 23.0 Å². The van der Waals surface area contributed by atoms with Gasteiger partial charge >= 0.3 is 6.18 Å². The predicted octanol–water partition coefficient (Wildman–Crippen LogP) is 2.11. The van der Waals surface area contributed by atoms with Gasteiger partial charge in [-0.3, -0.25) is 0 Å². The van der Waals surface area contributed by atoms with E-state index in [4.69, 9.17) is 4.74 Å². The zero-order chi connectivity index (χ0) is 10.9. The molecule has 0 saturated heterocycles. The van der Waals surface area contributed by atoms with Crippen molar-refractivity contribution >= 4 is 0 Å². The minimum Gasteiger partial charge on any atom is -0.378 e. The molecule has 5 heteroatoms. The van der Waals surface area contributed by atoms with Crippen molar-refractivity contribution in [3.63, 3.8) is 0 Å². The molecule has 0 saturated carbocycles. The van der Waals surface area contributed by atoms with Gasteiger partial charge in [-0.25, -0.2) is 0 Å². The quantitative estimate of drug-likeness (QED) is 0.756. The van der Waals surface area contributed by atoms with Gasteiger partial charge in [0, 0.05) is 6.61 Å². The summed E-state index contributed by atoms with van der Waals surface area (Å²) < 4.78 is 41.8. The lowest BCUT2D eigenvalue weighted by atomic mass is 9.87. The van der Waals surface area contributed by atoms with Crippen LogP contribution in [-0.2, 0) is 4.74 Å². The average molecular weight is 200 g/mol. The first-order valence-corrected chi connectivity index (χ1v) is 3.99. The van der Waals surface area contributed by atoms with E-state index in [1.165, 1.54) is 13.8 Å². The van der Waals surface area contributed by atoms with Crippen LogP contribution in [0.2, 0.25) is 0 Å². The molecule has 0 aliphatic heterocycles. The Bertz CT molecular complexity index is 173. The van der Waals surface area contributed by atoms with E-state index in [0.717, 1.165) is 0 Å². The Labute approximate surface area is 75.7 Å². The van der Waals surface area contributed by atoms with Gasteiger partial charge < -0.3 is 9.84 Å². The van der Waals surface area contributed by atoms with Gasteiger partial charge in [0.15, 0.2) is 5.60 Å². The second-order valence-electron chi connectivity index (χ2n) is 3.51. The SMILES string of the molecule is CCOC(C)(C)C(C)(O)C(F)(F)F. The second kappa shape index (κ2) is 3.46. The van der Waals surface area contributed by atoms with Gasteiger partial charge in [0.2, 0.25) is 0 Å². The van der Waals surface area contributed by atoms with Crippen molar-refractivity contribution in [2.75, 3.05) is 6.61 Å². The number of alkyl halides is 3. The third-order valence-electron chi connectivity index (χ3n) is 2.23. The lowest BCUT2D eigenvalue weighted by Gasteiger charge is -2.40. The highest BCUT2D eigenvalue weighted by Gasteiger charge is 2.59. The number of ether oxygens (including phenoxy) is 1. The van der Waals surface area contributed by atoms with Crippen molar-refractivity contribution in [2.24, 2.45) is 0 Å². The lowest BCUT2D eigenvalue weighted by molar-refractivity contribution is -0.311. The molecule has 2 nitrogen and oxygen atoms in total. The van der Waals surface area contributed by atoms with Gasteiger partial charge in [-0.2, -0.15) is 13.2 Å². The molecule has 0 aromatic heterocycles. The van der Waals surface area contributed by atoms with E-state index in [2.05, 4.69) is 0 Å². The van der Waals surface area contributed by atoms with Crippen molar-refractivity contribution in [2.45, 2.75) is 45.1 Å². The summed E-state index contributed by atoms with van der Waals surface area (Å²) in [7, 11) is 0. The van der Waals surface area contributed by atoms with Gasteiger partial charge in [0.05, 0.1) is 5.60 Å². The zero-order valence-corrected chi connectivity index (χ0v) is 8.20. The highest BCUT2D eigenvalue weighted by molar-refractivity contribution is 4.97. The molecule has 13 heavy (non-hydrogen) atoms. The average Bonchev–Trinajstić information content (AvgIpc) is 1.84. The maximum atomic E-state index is 12.3. The Morgan fingerprint density at radius 2 is 1.54 bits per heavy atom. The van der Waals surface area contributed by atoms with Crippen molar-refractivity contribution in [3.8, 4) is 0 Å². The summed E-state index contributed by atoms with van der Waals surface area (Å²) in [5, 5.41) is 9.26. The molecule has 1 atom stereocenters. The highest BCUT2D eigenvalue weighted by atomic mass is 19.4. The van der Waals surface area contributed by atoms with Gasteiger partial charge in [0.1, 0.15) is 0 Å². The van der Waals surface area contributed by atoms with E-state index in [1.807, 2.05) is 0 Å². The van der Waals surface area contributed by atoms with E-state index >= 15 is 0 Å². The van der Waals surface area contributed by atoms with Crippen LogP contribution in [-0.4, -0.2) is 29.1 Å². The Hall–Kier alpha value is -0.290. The molecule has 0 radical (unpaired) electrons. The molecule has 0 aromatic carbocycles. The summed E-state index contributed by atoms with van der Waals surface area (Å²) in [6.45, 7) is 4.84. The summed E-state index contributed by atoms with van der Waals surface area (Å²) >= 11 is 0. The third-order valence-corrected chi connectivity index (χ3v) is 2.23. The summed E-state index contributed by atoms with van der Waals surface area (Å²) in [5.74, 6) is 0. The van der Waals surface area contributed by atoms with E-state index in [1.54, 1.807) is 6.92 Å². The molecule has 0 aliphatic rings. The summed E-state index contributed by atoms with van der Waals surface area (Å²) in [6, 6.07) is 0. The lowest BCUT2D eigenvalue weighted by Crippen LogP contribution is -2.59. The first-order chi connectivity index (χ1) is 5.56. The van der Waals surface area contributed by atoms with Crippen LogP contribution in [0, 0.1) is 0 Å². The second-order valence-corrected chi connectivity index (χ2v) is 3.51. The van der Waals surface area contributed by atoms with Crippen LogP contribution >= 0.6 is 0 Å². The molecule has 0 heterocycles. The number of hydrogen-bond acceptors (Lipinski definition) is 2. The molecule has 1 unspecified atom stereocenters. The first-order valence-electron chi connectivity index (χ1n) is 3.99. The molecule has 0 spiro atoms. The standard InChI is InChI=1S/C8H15F3O2/c1-5-13-6(2,3)7(4,12)8(9,10)11/h12H,5H2,1-4H3. The number of hydrogen-bond donors (Lipinski definition) is 1. The van der Waals surface area contributed by atoms with Crippen LogP contribution < -0.4 is 0 Å². The van der Waals surface area contributed by atoms with E-state index in [0.29, 0.717) is 6.92 Å². The van der Waals surface area contributed by atoms with Crippen molar-refractivity contribution in [1.29, 1.82) is 0 Å². The third kappa shape index (κ3) is 2.34. The number of rotatable bonds is 3. The largest absolute Gasteiger partial charge is 0.419 e. The molecule has 0 rings (SSSR count). The predicted molar refractivity (Wildman–Crippen MR) is 42.4 cm³/mol. The minimum atomic E-state index is -4.69. The topological polar surface area (TPSA) is 29.5 Å². The van der Waals surface area contributed by atoms with E-state index in [9.17, 15) is 18.3 Å². The summed E-state index contributed by atoms with van der Waals surface area (Å²) in [5.41, 5.74) is -4.48. The minimum absolute atomic E-state index is 0.124. The first kappa shape index (κ1) is 12.7. The molecule has 0 fully saturated rings. The molecule has 80 valence electrons. The maximum Gasteiger partial charge on any atom is 0.419 e. The molecular weight excluding hydrogens is 185 g/mol. The summed E-state index contributed by atoms with van der Waals surface area (Å²) in [6.07, 6.45) is -4.69. The Kier molecular flexibility index (Phi) is 3.38. The molecule has 1 N–H and O–H groups in total. The van der Waals surface area contributed by atoms with Crippen molar-refractivity contribution in [1.82, 2.24) is 0 Å². The maximum absolute atomic E-state index is 12.3. The van der Waals surface area contributed by atoms with E-state index in [-0.39, 0.29) is 6.61 Å². The van der Waals surface area contributed by atoms with Crippen molar-refractivity contribution in [3.05, 3.63) is 0 Å². The van der Waals surface area contributed by atoms with Gasteiger partial charge in [-0.1, -0.05) is 0 Å². The molecular formula is C8H15F3O2. The highest BCUT2D eigenvalue weighted by Crippen LogP contribution is 2.39. The van der Waals surface area contributed by atoms with Crippen LogP contribution in [0.25, 0.3) is 0 Å². The molecule has 0 aliphatic carbocycles. The van der Waals surface area contributed by atoms with Gasteiger partial charge in [-0.15, -0.1) is 0 Å². The summed E-state index contributed by atoms with van der Waals surface area (Å²) in [4.78, 5) is 0. The molecule has 0 bridgehead atoms. The fourth-order valence-electron chi connectivity index (χ4n) is 0.843. The van der Waals surface area contributed by atoms with Gasteiger partial charge in [-0.05, 0) is 27.7 Å². The Morgan fingerprint density at radius 1 is 1.15 bits per heavy atom. The zero-order valence-electron chi connectivity index (χ0n) is 8.20. The van der Waals surface area contributed by atoms with Gasteiger partial charge in [0.25, 0.3) is 0 Å². The van der Waals surface area contributed by atoms with Crippen LogP contribution in [0.1, 0.15) is 27.7 Å². The molecule has 0 aromatic rings.